The molecule has 0 amide bonds. The Labute approximate surface area is 150 Å². The maximum Gasteiger partial charge on any atom is 0.208 e. The molecule has 3 rings (SSSR count). The van der Waals surface area contributed by atoms with Gasteiger partial charge in [-0.3, -0.25) is 4.57 Å². The number of aromatic nitrogens is 4. The van der Waals surface area contributed by atoms with Crippen LogP contribution in [0, 0.1) is 11.8 Å². The lowest BCUT2D eigenvalue weighted by Gasteiger charge is -2.16. The van der Waals surface area contributed by atoms with Crippen LogP contribution in [0.2, 0.25) is 0 Å². The highest BCUT2D eigenvalue weighted by atomic mass is 16.6. The molecule has 0 aromatic carbocycles. The van der Waals surface area contributed by atoms with E-state index in [2.05, 4.69) is 33.7 Å². The maximum absolute atomic E-state index is 10.2. The Morgan fingerprint density at radius 2 is 2.08 bits per heavy atom. The standard InChI is InChI=1S/C17H23N5O4/c1-2-3-4-5-6-7-11-20-15(18)12-16(21-11)22(9-19-12)17-14(25)13(24)10(8-23)26-17/h9-10,13-14,17,23-25H,2-5,8H2,1H3,(H2,18,20,21). The van der Waals surface area contributed by atoms with Crippen LogP contribution in [0.15, 0.2) is 6.33 Å². The normalized spacial score (nSPS) is 25.4. The molecule has 0 aliphatic carbocycles. The van der Waals surface area contributed by atoms with E-state index >= 15 is 0 Å². The van der Waals surface area contributed by atoms with Crippen molar-refractivity contribution in [3.05, 3.63) is 12.2 Å². The van der Waals surface area contributed by atoms with Crippen LogP contribution >= 0.6 is 0 Å². The first kappa shape index (κ1) is 18.5. The molecule has 3 heterocycles. The van der Waals surface area contributed by atoms with Crippen LogP contribution in [0.4, 0.5) is 5.82 Å². The minimum Gasteiger partial charge on any atom is -0.394 e. The topological polar surface area (TPSA) is 140 Å². The van der Waals surface area contributed by atoms with Gasteiger partial charge in [0.1, 0.15) is 23.8 Å². The second-order valence-electron chi connectivity index (χ2n) is 6.24. The number of nitrogens with zero attached hydrogens (tertiary/aromatic N) is 4. The number of anilines is 1. The fraction of sp³-hybridized carbons (Fsp3) is 0.588. The van der Waals surface area contributed by atoms with Gasteiger partial charge in [0, 0.05) is 6.42 Å². The third-order valence-corrected chi connectivity index (χ3v) is 4.35. The minimum atomic E-state index is -1.23. The van der Waals surface area contributed by atoms with Gasteiger partial charge in [-0.25, -0.2) is 15.0 Å². The number of aliphatic hydroxyl groups is 3. The van der Waals surface area contributed by atoms with Gasteiger partial charge >= 0.3 is 0 Å². The Bertz CT molecular complexity index is 828. The summed E-state index contributed by atoms with van der Waals surface area (Å²) in [6, 6.07) is 0. The van der Waals surface area contributed by atoms with Crippen LogP contribution in [0.5, 0.6) is 0 Å². The van der Waals surface area contributed by atoms with E-state index in [1.807, 2.05) is 0 Å². The van der Waals surface area contributed by atoms with Crippen molar-refractivity contribution in [2.45, 2.75) is 57.1 Å². The third-order valence-electron chi connectivity index (χ3n) is 4.35. The van der Waals surface area contributed by atoms with Gasteiger partial charge in [-0.2, -0.15) is 0 Å². The number of rotatable bonds is 5. The zero-order valence-corrected chi connectivity index (χ0v) is 14.5. The molecule has 2 aromatic rings. The summed E-state index contributed by atoms with van der Waals surface area (Å²) >= 11 is 0. The van der Waals surface area contributed by atoms with E-state index in [1.54, 1.807) is 0 Å². The lowest BCUT2D eigenvalue weighted by Crippen LogP contribution is -2.33. The second-order valence-corrected chi connectivity index (χ2v) is 6.24. The van der Waals surface area contributed by atoms with Gasteiger partial charge in [0.25, 0.3) is 0 Å². The number of hydrogen-bond donors (Lipinski definition) is 4. The highest BCUT2D eigenvalue weighted by Gasteiger charge is 2.44. The summed E-state index contributed by atoms with van der Waals surface area (Å²) in [6.07, 6.45) is 1.16. The number of ether oxygens (including phenoxy) is 1. The van der Waals surface area contributed by atoms with E-state index in [9.17, 15) is 15.3 Å². The van der Waals surface area contributed by atoms with Gasteiger partial charge in [0.15, 0.2) is 17.7 Å². The molecule has 1 saturated heterocycles. The molecule has 1 aliphatic rings. The number of nitrogen functional groups attached to an aromatic ring is 1. The molecule has 4 unspecified atom stereocenters. The molecular weight excluding hydrogens is 338 g/mol. The SMILES string of the molecule is CCCCCC#Cc1nc(N)c2ncn(C3OC(CO)C(O)C3O)c2n1. The van der Waals surface area contributed by atoms with Crippen molar-refractivity contribution >= 4 is 17.0 Å². The first-order valence-electron chi connectivity index (χ1n) is 8.68. The van der Waals surface area contributed by atoms with Crippen molar-refractivity contribution in [2.75, 3.05) is 12.3 Å². The van der Waals surface area contributed by atoms with Gasteiger partial charge in [0.2, 0.25) is 5.82 Å². The lowest BCUT2D eigenvalue weighted by atomic mass is 10.1. The summed E-state index contributed by atoms with van der Waals surface area (Å²) in [5.41, 5.74) is 6.66. The number of imidazole rings is 1. The molecule has 0 spiro atoms. The first-order chi connectivity index (χ1) is 12.6. The van der Waals surface area contributed by atoms with Crippen LogP contribution < -0.4 is 5.73 Å². The summed E-state index contributed by atoms with van der Waals surface area (Å²) in [6.45, 7) is 1.72. The van der Waals surface area contributed by atoms with E-state index in [0.29, 0.717) is 11.2 Å². The van der Waals surface area contributed by atoms with Gasteiger partial charge in [-0.1, -0.05) is 25.7 Å². The van der Waals surface area contributed by atoms with Crippen molar-refractivity contribution in [1.82, 2.24) is 19.5 Å². The van der Waals surface area contributed by atoms with Gasteiger partial charge in [0.05, 0.1) is 12.9 Å². The molecule has 5 N–H and O–H groups in total. The molecule has 9 heteroatoms. The van der Waals surface area contributed by atoms with Crippen molar-refractivity contribution in [3.63, 3.8) is 0 Å². The molecule has 4 atom stereocenters. The van der Waals surface area contributed by atoms with Gasteiger partial charge < -0.3 is 25.8 Å². The van der Waals surface area contributed by atoms with E-state index in [4.69, 9.17) is 10.5 Å². The number of nitrogens with two attached hydrogens (primary N) is 1. The highest BCUT2D eigenvalue weighted by Crippen LogP contribution is 2.31. The fourth-order valence-electron chi connectivity index (χ4n) is 2.90. The van der Waals surface area contributed by atoms with Crippen molar-refractivity contribution < 1.29 is 20.1 Å². The summed E-state index contributed by atoms with van der Waals surface area (Å²) in [7, 11) is 0. The van der Waals surface area contributed by atoms with Crippen LogP contribution in [0.1, 0.15) is 44.7 Å². The Kier molecular flexibility index (Phi) is 5.68. The monoisotopic (exact) mass is 361 g/mol. The number of aliphatic hydroxyl groups excluding tert-OH is 3. The van der Waals surface area contributed by atoms with Crippen LogP contribution in [0.25, 0.3) is 11.2 Å². The number of hydrogen-bond acceptors (Lipinski definition) is 8. The highest BCUT2D eigenvalue weighted by molar-refractivity contribution is 5.82. The summed E-state index contributed by atoms with van der Waals surface area (Å²) in [5.74, 6) is 6.37. The van der Waals surface area contributed by atoms with Crippen LogP contribution in [0.3, 0.4) is 0 Å². The lowest BCUT2D eigenvalue weighted by molar-refractivity contribution is -0.0511. The summed E-state index contributed by atoms with van der Waals surface area (Å²) in [5, 5.41) is 29.4. The quantitative estimate of drug-likeness (QED) is 0.429. The fourth-order valence-corrected chi connectivity index (χ4v) is 2.90. The zero-order valence-electron chi connectivity index (χ0n) is 14.5. The second kappa shape index (κ2) is 7.97. The molecular formula is C17H23N5O4. The third kappa shape index (κ3) is 3.50. The first-order valence-corrected chi connectivity index (χ1v) is 8.68. The van der Waals surface area contributed by atoms with Crippen LogP contribution in [-0.2, 0) is 4.74 Å². The number of unbranched alkanes of at least 4 members (excludes halogenated alkanes) is 3. The smallest absolute Gasteiger partial charge is 0.208 e. The van der Waals surface area contributed by atoms with Crippen molar-refractivity contribution in [1.29, 1.82) is 0 Å². The van der Waals surface area contributed by atoms with E-state index in [0.717, 1.165) is 25.7 Å². The predicted molar refractivity (Wildman–Crippen MR) is 93.8 cm³/mol. The summed E-state index contributed by atoms with van der Waals surface area (Å²) < 4.78 is 7.00. The Hall–Kier alpha value is -2.25. The molecule has 0 radical (unpaired) electrons. The summed E-state index contributed by atoms with van der Waals surface area (Å²) in [4.78, 5) is 12.7. The Balaban J connectivity index is 1.91. The average molecular weight is 361 g/mol. The molecule has 9 nitrogen and oxygen atoms in total. The van der Waals surface area contributed by atoms with E-state index < -0.39 is 31.1 Å². The van der Waals surface area contributed by atoms with Crippen molar-refractivity contribution in [3.8, 4) is 11.8 Å². The van der Waals surface area contributed by atoms with E-state index in [1.165, 1.54) is 10.9 Å². The Morgan fingerprint density at radius 3 is 2.77 bits per heavy atom. The minimum absolute atomic E-state index is 0.179. The molecule has 26 heavy (non-hydrogen) atoms. The van der Waals surface area contributed by atoms with Crippen LogP contribution in [-0.4, -0.2) is 59.8 Å². The van der Waals surface area contributed by atoms with E-state index in [-0.39, 0.29) is 11.6 Å². The largest absolute Gasteiger partial charge is 0.394 e. The molecule has 0 saturated carbocycles. The van der Waals surface area contributed by atoms with Crippen molar-refractivity contribution in [2.24, 2.45) is 0 Å². The molecule has 2 aromatic heterocycles. The molecule has 1 fully saturated rings. The Morgan fingerprint density at radius 1 is 1.27 bits per heavy atom. The van der Waals surface area contributed by atoms with Gasteiger partial charge in [-0.15, -0.1) is 0 Å². The maximum atomic E-state index is 10.2. The molecule has 1 aliphatic heterocycles. The molecule has 0 bridgehead atoms. The predicted octanol–water partition coefficient (Wildman–Crippen LogP) is -0.0482. The molecule has 140 valence electrons. The number of fused-ring (bicyclic) bond motifs is 1. The average Bonchev–Trinajstić information content (AvgIpc) is 3.17. The van der Waals surface area contributed by atoms with Gasteiger partial charge in [-0.05, 0) is 12.3 Å². The zero-order chi connectivity index (χ0) is 18.7.